The molecule has 3 rings (SSSR count). The summed E-state index contributed by atoms with van der Waals surface area (Å²) in [5.41, 5.74) is 2.11. The number of ether oxygens (including phenoxy) is 1. The summed E-state index contributed by atoms with van der Waals surface area (Å²) in [5.74, 6) is 1.64. The second-order valence-electron chi connectivity index (χ2n) is 7.36. The number of amides is 1. The number of aromatic nitrogens is 2. The van der Waals surface area contributed by atoms with Crippen LogP contribution in [0.2, 0.25) is 0 Å². The molecule has 6 nitrogen and oxygen atoms in total. The van der Waals surface area contributed by atoms with E-state index < -0.39 is 0 Å². The lowest BCUT2D eigenvalue weighted by atomic mass is 10.1. The van der Waals surface area contributed by atoms with Gasteiger partial charge >= 0.3 is 0 Å². The maximum Gasteiger partial charge on any atom is 0.227 e. The first-order valence-corrected chi connectivity index (χ1v) is 8.95. The predicted octanol–water partition coefficient (Wildman–Crippen LogP) is 1.49. The Kier molecular flexibility index (Phi) is 5.46. The van der Waals surface area contributed by atoms with Crippen LogP contribution in [0.5, 0.6) is 0 Å². The van der Waals surface area contributed by atoms with Gasteiger partial charge in [-0.2, -0.15) is 0 Å². The largest absolute Gasteiger partial charge is 0.379 e. The Hall–Kier alpha value is -1.53. The quantitative estimate of drug-likeness (QED) is 0.817. The molecule has 0 N–H and O–H groups in total. The van der Waals surface area contributed by atoms with Crippen LogP contribution in [0.4, 0.5) is 0 Å². The van der Waals surface area contributed by atoms with Gasteiger partial charge in [0.05, 0.1) is 25.5 Å². The summed E-state index contributed by atoms with van der Waals surface area (Å²) in [7, 11) is 0. The Labute approximate surface area is 144 Å². The topological polar surface area (TPSA) is 58.6 Å². The van der Waals surface area contributed by atoms with E-state index in [1.54, 1.807) is 0 Å². The summed E-state index contributed by atoms with van der Waals surface area (Å²) in [6.07, 6.45) is 2.79. The Morgan fingerprint density at radius 1 is 1.25 bits per heavy atom. The van der Waals surface area contributed by atoms with Crippen LogP contribution in [0.15, 0.2) is 6.20 Å². The summed E-state index contributed by atoms with van der Waals surface area (Å²) < 4.78 is 5.37. The van der Waals surface area contributed by atoms with Crippen molar-refractivity contribution in [3.05, 3.63) is 23.3 Å². The minimum absolute atomic E-state index is 0.000468. The van der Waals surface area contributed by atoms with Crippen LogP contribution in [0.1, 0.15) is 37.9 Å². The lowest BCUT2D eigenvalue weighted by Crippen LogP contribution is -2.43. The average Bonchev–Trinajstić information content (AvgIpc) is 2.97. The second kappa shape index (κ2) is 7.57. The number of hydrogen-bond donors (Lipinski definition) is 0. The monoisotopic (exact) mass is 332 g/mol. The Morgan fingerprint density at radius 3 is 2.71 bits per heavy atom. The maximum absolute atomic E-state index is 12.8. The van der Waals surface area contributed by atoms with Gasteiger partial charge in [0.1, 0.15) is 5.82 Å². The molecular weight excluding hydrogens is 304 g/mol. The third-order valence-electron chi connectivity index (χ3n) is 4.67. The minimum Gasteiger partial charge on any atom is -0.379 e. The lowest BCUT2D eigenvalue weighted by Gasteiger charge is -2.30. The van der Waals surface area contributed by atoms with E-state index in [0.29, 0.717) is 19.0 Å². The molecule has 2 aliphatic heterocycles. The third kappa shape index (κ3) is 4.11. The molecule has 1 fully saturated rings. The second-order valence-corrected chi connectivity index (χ2v) is 7.36. The molecule has 1 amide bonds. The highest BCUT2D eigenvalue weighted by Crippen LogP contribution is 2.23. The summed E-state index contributed by atoms with van der Waals surface area (Å²) in [4.78, 5) is 26.1. The smallest absolute Gasteiger partial charge is 0.227 e. The number of fused-ring (bicyclic) bond motifs is 1. The van der Waals surface area contributed by atoms with Crippen molar-refractivity contribution >= 4 is 5.91 Å². The van der Waals surface area contributed by atoms with E-state index >= 15 is 0 Å². The van der Waals surface area contributed by atoms with Crippen LogP contribution in [0.25, 0.3) is 0 Å². The van der Waals surface area contributed by atoms with Gasteiger partial charge in [-0.25, -0.2) is 9.97 Å². The number of hydrogen-bond acceptors (Lipinski definition) is 5. The van der Waals surface area contributed by atoms with Crippen molar-refractivity contribution in [2.24, 2.45) is 11.8 Å². The third-order valence-corrected chi connectivity index (χ3v) is 4.67. The normalized spacial score (nSPS) is 19.6. The predicted molar refractivity (Wildman–Crippen MR) is 91.3 cm³/mol. The highest BCUT2D eigenvalue weighted by atomic mass is 16.5. The standard InChI is InChI=1S/C18H28N4O2/c1-13(2)8-17-19-9-15-11-22(12-16(15)20-17)18(23)14(3)10-21-4-6-24-7-5-21/h9,13-14H,4-8,10-12H2,1-3H3/t14-/m0/s1. The molecule has 132 valence electrons. The fourth-order valence-corrected chi connectivity index (χ4v) is 3.37. The molecule has 1 aromatic heterocycles. The fourth-order valence-electron chi connectivity index (χ4n) is 3.37. The van der Waals surface area contributed by atoms with Crippen LogP contribution in [-0.4, -0.2) is 58.5 Å². The molecule has 0 spiro atoms. The van der Waals surface area contributed by atoms with Gasteiger partial charge in [0.2, 0.25) is 5.91 Å². The molecule has 6 heteroatoms. The van der Waals surface area contributed by atoms with Crippen LogP contribution in [0.3, 0.4) is 0 Å². The van der Waals surface area contributed by atoms with E-state index in [1.807, 2.05) is 18.0 Å². The van der Waals surface area contributed by atoms with Gasteiger partial charge in [0.15, 0.2) is 0 Å². The molecule has 1 saturated heterocycles. The van der Waals surface area contributed by atoms with E-state index in [4.69, 9.17) is 4.74 Å². The molecular formula is C18H28N4O2. The average molecular weight is 332 g/mol. The van der Waals surface area contributed by atoms with Crippen LogP contribution >= 0.6 is 0 Å². The molecule has 0 aliphatic carbocycles. The summed E-state index contributed by atoms with van der Waals surface area (Å²) in [6, 6.07) is 0. The van der Waals surface area contributed by atoms with Gasteiger partial charge < -0.3 is 9.64 Å². The van der Waals surface area contributed by atoms with Crippen LogP contribution in [0, 0.1) is 11.8 Å². The zero-order valence-corrected chi connectivity index (χ0v) is 15.0. The zero-order valence-electron chi connectivity index (χ0n) is 15.0. The number of morpholine rings is 1. The van der Waals surface area contributed by atoms with E-state index in [2.05, 4.69) is 28.7 Å². The molecule has 1 aromatic rings. The van der Waals surface area contributed by atoms with Gasteiger partial charge in [0, 0.05) is 50.3 Å². The Bertz CT molecular complexity index is 584. The molecule has 0 saturated carbocycles. The molecule has 0 bridgehead atoms. The lowest BCUT2D eigenvalue weighted by molar-refractivity contribution is -0.136. The number of carbonyl (C=O) groups excluding carboxylic acids is 1. The number of nitrogens with zero attached hydrogens (tertiary/aromatic N) is 4. The van der Waals surface area contributed by atoms with Crippen LogP contribution in [-0.2, 0) is 29.0 Å². The highest BCUT2D eigenvalue weighted by Gasteiger charge is 2.29. The van der Waals surface area contributed by atoms with Gasteiger partial charge in [-0.15, -0.1) is 0 Å². The SMILES string of the molecule is CC(C)Cc1ncc2c(n1)CN(C(=O)[C@@H](C)CN1CCOCC1)C2. The number of carbonyl (C=O) groups is 1. The van der Waals surface area contributed by atoms with Gasteiger partial charge in [0.25, 0.3) is 0 Å². The van der Waals surface area contributed by atoms with Gasteiger partial charge in [-0.05, 0) is 5.92 Å². The number of rotatable bonds is 5. The molecule has 0 aromatic carbocycles. The van der Waals surface area contributed by atoms with E-state index in [0.717, 1.165) is 56.4 Å². The first-order chi connectivity index (χ1) is 11.5. The maximum atomic E-state index is 12.8. The van der Waals surface area contributed by atoms with Crippen molar-refractivity contribution < 1.29 is 9.53 Å². The molecule has 3 heterocycles. The van der Waals surface area contributed by atoms with Crippen molar-refractivity contribution in [2.45, 2.75) is 40.3 Å². The van der Waals surface area contributed by atoms with E-state index in [9.17, 15) is 4.79 Å². The Balaban J connectivity index is 1.58. The van der Waals surface area contributed by atoms with Gasteiger partial charge in [-0.1, -0.05) is 20.8 Å². The molecule has 0 unspecified atom stereocenters. The zero-order chi connectivity index (χ0) is 17.1. The van der Waals surface area contributed by atoms with Crippen molar-refractivity contribution in [3.63, 3.8) is 0 Å². The molecule has 1 atom stereocenters. The van der Waals surface area contributed by atoms with Crippen molar-refractivity contribution in [1.29, 1.82) is 0 Å². The molecule has 2 aliphatic rings. The molecule has 24 heavy (non-hydrogen) atoms. The fraction of sp³-hybridized carbons (Fsp3) is 0.722. The van der Waals surface area contributed by atoms with Crippen molar-refractivity contribution in [3.8, 4) is 0 Å². The molecule has 0 radical (unpaired) electrons. The van der Waals surface area contributed by atoms with Crippen molar-refractivity contribution in [1.82, 2.24) is 19.8 Å². The van der Waals surface area contributed by atoms with E-state index in [1.165, 1.54) is 0 Å². The summed E-state index contributed by atoms with van der Waals surface area (Å²) in [6.45, 7) is 11.8. The first kappa shape index (κ1) is 17.3. The van der Waals surface area contributed by atoms with Crippen LogP contribution < -0.4 is 0 Å². The summed E-state index contributed by atoms with van der Waals surface area (Å²) >= 11 is 0. The summed E-state index contributed by atoms with van der Waals surface area (Å²) in [5, 5.41) is 0. The van der Waals surface area contributed by atoms with Gasteiger partial charge in [-0.3, -0.25) is 9.69 Å². The van der Waals surface area contributed by atoms with Crippen molar-refractivity contribution in [2.75, 3.05) is 32.8 Å². The Morgan fingerprint density at radius 2 is 2.00 bits per heavy atom. The highest BCUT2D eigenvalue weighted by molar-refractivity contribution is 5.79. The minimum atomic E-state index is 0.000468. The van der Waals surface area contributed by atoms with E-state index in [-0.39, 0.29) is 11.8 Å². The first-order valence-electron chi connectivity index (χ1n) is 8.95.